The molecule has 1 aromatic heterocycles. The molecule has 6 heteroatoms. The highest BCUT2D eigenvalue weighted by Gasteiger charge is 2.25. The summed E-state index contributed by atoms with van der Waals surface area (Å²) < 4.78 is 12.7. The van der Waals surface area contributed by atoms with Crippen LogP contribution in [0.5, 0.6) is 11.5 Å². The lowest BCUT2D eigenvalue weighted by molar-refractivity contribution is 0.0936. The van der Waals surface area contributed by atoms with Gasteiger partial charge in [0.2, 0.25) is 0 Å². The van der Waals surface area contributed by atoms with Crippen molar-refractivity contribution in [2.45, 2.75) is 18.9 Å². The monoisotopic (exact) mass is 357 g/mol. The predicted octanol–water partition coefficient (Wildman–Crippen LogP) is 2.61. The van der Waals surface area contributed by atoms with E-state index in [4.69, 9.17) is 9.47 Å². The Morgan fingerprint density at radius 1 is 1.15 bits per heavy atom. The summed E-state index contributed by atoms with van der Waals surface area (Å²) in [6.45, 7) is 2.72. The van der Waals surface area contributed by atoms with E-state index in [1.165, 1.54) is 18.5 Å². The second-order valence-electron chi connectivity index (χ2n) is 6.58. The van der Waals surface area contributed by atoms with Crippen molar-refractivity contribution in [3.63, 3.8) is 0 Å². The standard InChI is InChI=1S/C20H27N3O3/c1-22-10-6-7-16(22)17(23-11-4-5-12-23)14-21-20(24)15-8-9-18(25-2)19(13-15)26-3/h6-10,13,17H,4-5,11-12,14H2,1-3H3,(H,21,24)/t17-/m0/s1. The number of hydrogen-bond acceptors (Lipinski definition) is 4. The second kappa shape index (κ2) is 8.27. The molecule has 0 spiro atoms. The van der Waals surface area contributed by atoms with Crippen molar-refractivity contribution in [1.82, 2.24) is 14.8 Å². The highest BCUT2D eigenvalue weighted by atomic mass is 16.5. The number of benzene rings is 1. The largest absolute Gasteiger partial charge is 0.493 e. The minimum Gasteiger partial charge on any atom is -0.493 e. The molecule has 0 unspecified atom stereocenters. The summed E-state index contributed by atoms with van der Waals surface area (Å²) in [6, 6.07) is 9.58. The number of aryl methyl sites for hydroxylation is 1. The van der Waals surface area contributed by atoms with Crippen LogP contribution in [0.3, 0.4) is 0 Å². The number of aromatic nitrogens is 1. The van der Waals surface area contributed by atoms with Gasteiger partial charge < -0.3 is 19.4 Å². The summed E-state index contributed by atoms with van der Waals surface area (Å²) in [5, 5.41) is 3.09. The van der Waals surface area contributed by atoms with Gasteiger partial charge in [0.05, 0.1) is 20.3 Å². The van der Waals surface area contributed by atoms with E-state index >= 15 is 0 Å². The zero-order valence-corrected chi connectivity index (χ0v) is 15.7. The third-order valence-corrected chi connectivity index (χ3v) is 5.01. The van der Waals surface area contributed by atoms with Crippen LogP contribution in [0.2, 0.25) is 0 Å². The lowest BCUT2D eigenvalue weighted by atomic mass is 10.1. The van der Waals surface area contributed by atoms with E-state index in [0.717, 1.165) is 13.1 Å². The molecule has 0 radical (unpaired) electrons. The van der Waals surface area contributed by atoms with Crippen molar-refractivity contribution in [3.05, 3.63) is 47.8 Å². The first kappa shape index (κ1) is 18.3. The van der Waals surface area contributed by atoms with Gasteiger partial charge in [0.15, 0.2) is 11.5 Å². The molecule has 0 saturated carbocycles. The topological polar surface area (TPSA) is 55.7 Å². The first-order valence-electron chi connectivity index (χ1n) is 8.99. The van der Waals surface area contributed by atoms with E-state index in [0.29, 0.717) is 23.6 Å². The average Bonchev–Trinajstić information content (AvgIpc) is 3.34. The van der Waals surface area contributed by atoms with Gasteiger partial charge in [0, 0.05) is 31.0 Å². The lowest BCUT2D eigenvalue weighted by Gasteiger charge is -2.28. The van der Waals surface area contributed by atoms with Crippen LogP contribution < -0.4 is 14.8 Å². The molecule has 2 heterocycles. The van der Waals surface area contributed by atoms with E-state index in [1.54, 1.807) is 32.4 Å². The van der Waals surface area contributed by atoms with E-state index in [-0.39, 0.29) is 11.9 Å². The van der Waals surface area contributed by atoms with Gasteiger partial charge >= 0.3 is 0 Å². The Balaban J connectivity index is 1.72. The molecular formula is C20H27N3O3. The van der Waals surface area contributed by atoms with Gasteiger partial charge in [0.25, 0.3) is 5.91 Å². The molecule has 6 nitrogen and oxygen atoms in total. The zero-order valence-electron chi connectivity index (χ0n) is 15.7. The SMILES string of the molecule is COc1ccc(C(=O)NC[C@@H](c2cccn2C)N2CCCC2)cc1OC. The number of likely N-dealkylation sites (tertiary alicyclic amines) is 1. The van der Waals surface area contributed by atoms with Crippen molar-refractivity contribution in [2.24, 2.45) is 7.05 Å². The Bertz CT molecular complexity index is 751. The number of carbonyl (C=O) groups is 1. The molecular weight excluding hydrogens is 330 g/mol. The fraction of sp³-hybridized carbons (Fsp3) is 0.450. The molecule has 3 rings (SSSR count). The molecule has 140 valence electrons. The number of hydrogen-bond donors (Lipinski definition) is 1. The molecule has 26 heavy (non-hydrogen) atoms. The molecule has 1 fully saturated rings. The van der Waals surface area contributed by atoms with Gasteiger partial charge in [-0.25, -0.2) is 0 Å². The number of nitrogens with one attached hydrogen (secondary N) is 1. The van der Waals surface area contributed by atoms with Crippen molar-refractivity contribution in [1.29, 1.82) is 0 Å². The normalized spacial score (nSPS) is 15.7. The van der Waals surface area contributed by atoms with Crippen LogP contribution in [0.1, 0.15) is 34.9 Å². The first-order chi connectivity index (χ1) is 12.6. The van der Waals surface area contributed by atoms with Crippen LogP contribution in [0, 0.1) is 0 Å². The maximum absolute atomic E-state index is 12.7. The maximum Gasteiger partial charge on any atom is 0.251 e. The molecule has 1 amide bonds. The van der Waals surface area contributed by atoms with E-state index in [2.05, 4.69) is 40.2 Å². The third kappa shape index (κ3) is 3.85. The number of amides is 1. The summed E-state index contributed by atoms with van der Waals surface area (Å²) in [4.78, 5) is 15.1. The Hall–Kier alpha value is -2.47. The van der Waals surface area contributed by atoms with Crippen LogP contribution in [-0.2, 0) is 7.05 Å². The molecule has 1 aliphatic rings. The Morgan fingerprint density at radius 3 is 2.50 bits per heavy atom. The minimum atomic E-state index is -0.107. The molecule has 0 aliphatic carbocycles. The number of nitrogens with zero attached hydrogens (tertiary/aromatic N) is 2. The van der Waals surface area contributed by atoms with Crippen molar-refractivity contribution >= 4 is 5.91 Å². The molecule has 0 bridgehead atoms. The Labute approximate surface area is 154 Å². The highest BCUT2D eigenvalue weighted by molar-refractivity contribution is 5.94. The van der Waals surface area contributed by atoms with Crippen LogP contribution in [0.25, 0.3) is 0 Å². The number of methoxy groups -OCH3 is 2. The fourth-order valence-corrected chi connectivity index (χ4v) is 3.56. The summed E-state index contributed by atoms with van der Waals surface area (Å²) in [5.74, 6) is 1.06. The van der Waals surface area contributed by atoms with Crippen molar-refractivity contribution in [2.75, 3.05) is 33.9 Å². The molecule has 2 aromatic rings. The fourth-order valence-electron chi connectivity index (χ4n) is 3.56. The van der Waals surface area contributed by atoms with Gasteiger partial charge in [0.1, 0.15) is 0 Å². The van der Waals surface area contributed by atoms with Gasteiger partial charge in [-0.3, -0.25) is 9.69 Å². The lowest BCUT2D eigenvalue weighted by Crippen LogP contribution is -2.37. The van der Waals surface area contributed by atoms with Gasteiger partial charge in [-0.15, -0.1) is 0 Å². The molecule has 1 atom stereocenters. The van der Waals surface area contributed by atoms with E-state index in [1.807, 2.05) is 0 Å². The summed E-state index contributed by atoms with van der Waals surface area (Å²) in [5.41, 5.74) is 1.79. The number of rotatable bonds is 7. The minimum absolute atomic E-state index is 0.107. The van der Waals surface area contributed by atoms with Crippen molar-refractivity contribution < 1.29 is 14.3 Å². The Morgan fingerprint density at radius 2 is 1.88 bits per heavy atom. The van der Waals surface area contributed by atoms with Gasteiger partial charge in [-0.1, -0.05) is 0 Å². The highest BCUT2D eigenvalue weighted by Crippen LogP contribution is 2.28. The second-order valence-corrected chi connectivity index (χ2v) is 6.58. The first-order valence-corrected chi connectivity index (χ1v) is 8.99. The molecule has 1 saturated heterocycles. The average molecular weight is 357 g/mol. The predicted molar refractivity (Wildman–Crippen MR) is 101 cm³/mol. The smallest absolute Gasteiger partial charge is 0.251 e. The summed E-state index contributed by atoms with van der Waals surface area (Å²) >= 11 is 0. The molecule has 1 N–H and O–H groups in total. The molecule has 1 aliphatic heterocycles. The quantitative estimate of drug-likeness (QED) is 0.828. The van der Waals surface area contributed by atoms with Gasteiger partial charge in [-0.2, -0.15) is 0 Å². The van der Waals surface area contributed by atoms with Crippen LogP contribution in [0.15, 0.2) is 36.5 Å². The maximum atomic E-state index is 12.7. The number of ether oxygens (including phenoxy) is 2. The van der Waals surface area contributed by atoms with Crippen LogP contribution >= 0.6 is 0 Å². The summed E-state index contributed by atoms with van der Waals surface area (Å²) in [6.07, 6.45) is 4.48. The van der Waals surface area contributed by atoms with E-state index < -0.39 is 0 Å². The van der Waals surface area contributed by atoms with Crippen molar-refractivity contribution in [3.8, 4) is 11.5 Å². The zero-order chi connectivity index (χ0) is 18.5. The van der Waals surface area contributed by atoms with E-state index in [9.17, 15) is 4.79 Å². The Kier molecular flexibility index (Phi) is 5.83. The van der Waals surface area contributed by atoms with Gasteiger partial charge in [-0.05, 0) is 56.3 Å². The molecule has 1 aromatic carbocycles. The summed E-state index contributed by atoms with van der Waals surface area (Å²) in [7, 11) is 5.20. The third-order valence-electron chi connectivity index (χ3n) is 5.01. The van der Waals surface area contributed by atoms with Crippen LogP contribution in [-0.4, -0.2) is 49.2 Å². The van der Waals surface area contributed by atoms with Crippen LogP contribution in [0.4, 0.5) is 0 Å². The number of carbonyl (C=O) groups excluding carboxylic acids is 1.